The monoisotopic (exact) mass is 271 g/mol. The number of rotatable bonds is 4. The van der Waals surface area contributed by atoms with E-state index < -0.39 is 0 Å². The van der Waals surface area contributed by atoms with Gasteiger partial charge in [0.1, 0.15) is 0 Å². The van der Waals surface area contributed by atoms with Gasteiger partial charge < -0.3 is 5.32 Å². The molecule has 1 unspecified atom stereocenters. The Morgan fingerprint density at radius 1 is 1.00 bits per heavy atom. The number of nitrogens with one attached hydrogen (secondary N) is 1. The number of hydrogen-bond donors (Lipinski definition) is 1. The lowest BCUT2D eigenvalue weighted by molar-refractivity contribution is 0.184. The Labute approximate surface area is 124 Å². The first kappa shape index (κ1) is 14.1. The molecule has 1 aromatic carbocycles. The highest BCUT2D eigenvalue weighted by Crippen LogP contribution is 2.38. The molecule has 1 aromatic rings. The minimum Gasteiger partial charge on any atom is -0.316 e. The molecule has 2 aliphatic carbocycles. The highest BCUT2D eigenvalue weighted by molar-refractivity contribution is 5.32. The average Bonchev–Trinajstić information content (AvgIpc) is 2.92. The van der Waals surface area contributed by atoms with Gasteiger partial charge in [-0.25, -0.2) is 0 Å². The average molecular weight is 271 g/mol. The van der Waals surface area contributed by atoms with Crippen LogP contribution in [0.15, 0.2) is 24.3 Å². The first-order chi connectivity index (χ1) is 9.81. The highest BCUT2D eigenvalue weighted by Gasteiger charge is 2.34. The summed E-state index contributed by atoms with van der Waals surface area (Å²) in [4.78, 5) is 0. The van der Waals surface area contributed by atoms with Gasteiger partial charge in [-0.15, -0.1) is 0 Å². The normalized spacial score (nSPS) is 28.3. The molecule has 0 aliphatic heterocycles. The van der Waals surface area contributed by atoms with Crippen molar-refractivity contribution in [3.63, 3.8) is 0 Å². The SMILES string of the molecule is CCC1CCC(C(NC)C2Cc3ccccc3C2)CC1. The van der Waals surface area contributed by atoms with E-state index in [4.69, 9.17) is 0 Å². The van der Waals surface area contributed by atoms with E-state index in [1.54, 1.807) is 11.1 Å². The molecule has 0 saturated heterocycles. The van der Waals surface area contributed by atoms with Crippen molar-refractivity contribution in [1.82, 2.24) is 5.32 Å². The van der Waals surface area contributed by atoms with E-state index in [9.17, 15) is 0 Å². The Balaban J connectivity index is 1.64. The van der Waals surface area contributed by atoms with Gasteiger partial charge in [-0.1, -0.05) is 50.5 Å². The maximum Gasteiger partial charge on any atom is 0.0127 e. The van der Waals surface area contributed by atoms with Crippen molar-refractivity contribution in [3.05, 3.63) is 35.4 Å². The fourth-order valence-corrected chi connectivity index (χ4v) is 4.66. The lowest BCUT2D eigenvalue weighted by Gasteiger charge is -2.36. The van der Waals surface area contributed by atoms with Gasteiger partial charge in [-0.3, -0.25) is 0 Å². The molecular formula is C19H29N. The van der Waals surface area contributed by atoms with E-state index >= 15 is 0 Å². The fourth-order valence-electron chi connectivity index (χ4n) is 4.66. The number of benzene rings is 1. The van der Waals surface area contributed by atoms with Crippen LogP contribution >= 0.6 is 0 Å². The van der Waals surface area contributed by atoms with Gasteiger partial charge in [0.2, 0.25) is 0 Å². The third-order valence-corrected chi connectivity index (χ3v) is 5.90. The smallest absolute Gasteiger partial charge is 0.0127 e. The van der Waals surface area contributed by atoms with Gasteiger partial charge >= 0.3 is 0 Å². The second-order valence-electron chi connectivity index (χ2n) is 6.94. The highest BCUT2D eigenvalue weighted by atomic mass is 14.9. The van der Waals surface area contributed by atoms with Gasteiger partial charge in [0.15, 0.2) is 0 Å². The Kier molecular flexibility index (Phi) is 4.45. The summed E-state index contributed by atoms with van der Waals surface area (Å²) < 4.78 is 0. The molecule has 0 radical (unpaired) electrons. The van der Waals surface area contributed by atoms with Crippen molar-refractivity contribution in [2.24, 2.45) is 17.8 Å². The first-order valence-corrected chi connectivity index (χ1v) is 8.55. The molecule has 1 heteroatoms. The van der Waals surface area contributed by atoms with Crippen LogP contribution in [0.1, 0.15) is 50.2 Å². The van der Waals surface area contributed by atoms with Crippen LogP contribution in [0.2, 0.25) is 0 Å². The molecule has 1 atom stereocenters. The van der Waals surface area contributed by atoms with Crippen molar-refractivity contribution in [1.29, 1.82) is 0 Å². The summed E-state index contributed by atoms with van der Waals surface area (Å²) in [6, 6.07) is 9.77. The number of hydrogen-bond acceptors (Lipinski definition) is 1. The third kappa shape index (κ3) is 2.79. The zero-order chi connectivity index (χ0) is 13.9. The fraction of sp³-hybridized carbons (Fsp3) is 0.684. The second-order valence-corrected chi connectivity index (χ2v) is 6.94. The standard InChI is InChI=1S/C19H29N/c1-3-14-8-10-15(11-9-14)19(20-2)18-12-16-6-4-5-7-17(16)13-18/h4-7,14-15,18-20H,3,8-13H2,1-2H3. The van der Waals surface area contributed by atoms with Crippen LogP contribution in [0.3, 0.4) is 0 Å². The van der Waals surface area contributed by atoms with Crippen LogP contribution < -0.4 is 5.32 Å². The van der Waals surface area contributed by atoms with Crippen LogP contribution in [0.25, 0.3) is 0 Å². The maximum absolute atomic E-state index is 3.68. The molecule has 0 spiro atoms. The van der Waals surface area contributed by atoms with E-state index in [1.165, 1.54) is 44.9 Å². The predicted molar refractivity (Wildman–Crippen MR) is 85.9 cm³/mol. The van der Waals surface area contributed by atoms with Crippen molar-refractivity contribution in [3.8, 4) is 0 Å². The summed E-state index contributed by atoms with van der Waals surface area (Å²) in [5.41, 5.74) is 3.19. The largest absolute Gasteiger partial charge is 0.316 e. The van der Waals surface area contributed by atoms with Gasteiger partial charge in [0.05, 0.1) is 0 Å². The summed E-state index contributed by atoms with van der Waals surface area (Å²) in [6.07, 6.45) is 9.75. The van der Waals surface area contributed by atoms with Crippen LogP contribution in [0.5, 0.6) is 0 Å². The van der Waals surface area contributed by atoms with Crippen molar-refractivity contribution in [2.75, 3.05) is 7.05 Å². The van der Waals surface area contributed by atoms with E-state index in [1.807, 2.05) is 0 Å². The van der Waals surface area contributed by atoms with Gasteiger partial charge in [-0.05, 0) is 61.6 Å². The molecule has 1 nitrogen and oxygen atoms in total. The summed E-state index contributed by atoms with van der Waals surface area (Å²) in [5, 5.41) is 3.68. The predicted octanol–water partition coefficient (Wildman–Crippen LogP) is 4.21. The molecule has 3 rings (SSSR count). The topological polar surface area (TPSA) is 12.0 Å². The molecule has 2 aliphatic rings. The summed E-state index contributed by atoms with van der Waals surface area (Å²) in [6.45, 7) is 2.36. The van der Waals surface area contributed by atoms with Crippen molar-refractivity contribution in [2.45, 2.75) is 57.9 Å². The summed E-state index contributed by atoms with van der Waals surface area (Å²) in [5.74, 6) is 2.73. The summed E-state index contributed by atoms with van der Waals surface area (Å²) >= 11 is 0. The summed E-state index contributed by atoms with van der Waals surface area (Å²) in [7, 11) is 2.18. The van der Waals surface area contributed by atoms with Crippen molar-refractivity contribution < 1.29 is 0 Å². The molecular weight excluding hydrogens is 242 g/mol. The molecule has 0 bridgehead atoms. The van der Waals surface area contributed by atoms with Crippen LogP contribution in [0.4, 0.5) is 0 Å². The minimum atomic E-state index is 0.722. The maximum atomic E-state index is 3.68. The minimum absolute atomic E-state index is 0.722. The first-order valence-electron chi connectivity index (χ1n) is 8.55. The zero-order valence-corrected chi connectivity index (χ0v) is 13.1. The molecule has 0 heterocycles. The Morgan fingerprint density at radius 2 is 1.60 bits per heavy atom. The van der Waals surface area contributed by atoms with Crippen LogP contribution in [-0.4, -0.2) is 13.1 Å². The number of fused-ring (bicyclic) bond motifs is 1. The second kappa shape index (κ2) is 6.30. The van der Waals surface area contributed by atoms with E-state index in [-0.39, 0.29) is 0 Å². The zero-order valence-electron chi connectivity index (χ0n) is 13.1. The molecule has 110 valence electrons. The molecule has 1 saturated carbocycles. The van der Waals surface area contributed by atoms with Gasteiger partial charge in [0, 0.05) is 6.04 Å². The Bertz CT molecular complexity index is 406. The van der Waals surface area contributed by atoms with Crippen molar-refractivity contribution >= 4 is 0 Å². The molecule has 20 heavy (non-hydrogen) atoms. The van der Waals surface area contributed by atoms with Crippen LogP contribution in [-0.2, 0) is 12.8 Å². The lowest BCUT2D eigenvalue weighted by Crippen LogP contribution is -2.42. The van der Waals surface area contributed by atoms with E-state index in [0.29, 0.717) is 0 Å². The molecule has 1 N–H and O–H groups in total. The molecule has 0 aromatic heterocycles. The Morgan fingerprint density at radius 3 is 2.10 bits per heavy atom. The quantitative estimate of drug-likeness (QED) is 0.865. The third-order valence-electron chi connectivity index (χ3n) is 5.90. The molecule has 1 fully saturated rings. The van der Waals surface area contributed by atoms with E-state index in [0.717, 1.165) is 23.8 Å². The lowest BCUT2D eigenvalue weighted by atomic mass is 9.74. The van der Waals surface area contributed by atoms with Gasteiger partial charge in [-0.2, -0.15) is 0 Å². The van der Waals surface area contributed by atoms with Crippen LogP contribution in [0, 0.1) is 17.8 Å². The Hall–Kier alpha value is -0.820. The molecule has 0 amide bonds. The van der Waals surface area contributed by atoms with E-state index in [2.05, 4.69) is 43.6 Å². The van der Waals surface area contributed by atoms with Gasteiger partial charge in [0.25, 0.3) is 0 Å².